The van der Waals surface area contributed by atoms with Crippen molar-refractivity contribution in [1.29, 1.82) is 0 Å². The topological polar surface area (TPSA) is 42.1 Å². The summed E-state index contributed by atoms with van der Waals surface area (Å²) in [7, 11) is 0. The number of alkyl halides is 3. The number of hydrogen-bond acceptors (Lipinski definition) is 3. The third-order valence-electron chi connectivity index (χ3n) is 3.52. The number of hydrogen-bond donors (Lipinski definition) is 1. The van der Waals surface area contributed by atoms with Gasteiger partial charge in [-0.25, -0.2) is 4.98 Å². The fourth-order valence-electron chi connectivity index (χ4n) is 2.54. The third-order valence-corrected chi connectivity index (χ3v) is 3.52. The van der Waals surface area contributed by atoms with Gasteiger partial charge < -0.3 is 10.6 Å². The van der Waals surface area contributed by atoms with Gasteiger partial charge >= 0.3 is 6.18 Å². The van der Waals surface area contributed by atoms with E-state index >= 15 is 0 Å². The molecule has 0 bridgehead atoms. The van der Waals surface area contributed by atoms with E-state index in [0.717, 1.165) is 31.4 Å². The molecule has 0 saturated carbocycles. The van der Waals surface area contributed by atoms with Crippen LogP contribution in [-0.4, -0.2) is 23.6 Å². The molecule has 2 unspecified atom stereocenters. The molecule has 1 aromatic heterocycles. The third kappa shape index (κ3) is 3.18. The van der Waals surface area contributed by atoms with Gasteiger partial charge in [-0.15, -0.1) is 0 Å². The van der Waals surface area contributed by atoms with Crippen LogP contribution in [0.1, 0.15) is 31.7 Å². The van der Waals surface area contributed by atoms with Crippen molar-refractivity contribution >= 4 is 5.82 Å². The highest BCUT2D eigenvalue weighted by Gasteiger charge is 2.32. The highest BCUT2D eigenvalue weighted by Crippen LogP contribution is 2.32. The Kier molecular flexibility index (Phi) is 3.99. The van der Waals surface area contributed by atoms with E-state index in [4.69, 9.17) is 5.73 Å². The van der Waals surface area contributed by atoms with E-state index in [-0.39, 0.29) is 12.1 Å². The molecule has 1 aromatic rings. The van der Waals surface area contributed by atoms with Crippen LogP contribution in [0.2, 0.25) is 0 Å². The Morgan fingerprint density at radius 1 is 1.42 bits per heavy atom. The molecule has 1 fully saturated rings. The molecule has 2 N–H and O–H groups in total. The summed E-state index contributed by atoms with van der Waals surface area (Å²) in [4.78, 5) is 5.99. The molecule has 1 aliphatic heterocycles. The van der Waals surface area contributed by atoms with Gasteiger partial charge in [0.25, 0.3) is 0 Å². The summed E-state index contributed by atoms with van der Waals surface area (Å²) in [6, 6.07) is 2.08. The predicted molar refractivity (Wildman–Crippen MR) is 67.9 cm³/mol. The zero-order valence-corrected chi connectivity index (χ0v) is 10.8. The first kappa shape index (κ1) is 14.1. The molecule has 19 heavy (non-hydrogen) atoms. The molecule has 0 spiro atoms. The first-order valence-corrected chi connectivity index (χ1v) is 6.45. The van der Waals surface area contributed by atoms with E-state index in [2.05, 4.69) is 4.98 Å². The fourth-order valence-corrected chi connectivity index (χ4v) is 2.54. The molecule has 2 atom stereocenters. The second-order valence-electron chi connectivity index (χ2n) is 5.02. The maximum atomic E-state index is 12.7. The Morgan fingerprint density at radius 2 is 2.16 bits per heavy atom. The van der Waals surface area contributed by atoms with Crippen molar-refractivity contribution in [1.82, 2.24) is 4.98 Å². The van der Waals surface area contributed by atoms with Gasteiger partial charge in [0.2, 0.25) is 0 Å². The van der Waals surface area contributed by atoms with Gasteiger partial charge in [0.05, 0.1) is 5.56 Å². The number of pyridine rings is 1. The van der Waals surface area contributed by atoms with E-state index in [1.165, 1.54) is 6.20 Å². The van der Waals surface area contributed by atoms with Crippen LogP contribution in [-0.2, 0) is 6.18 Å². The number of nitrogens with zero attached hydrogens (tertiary/aromatic N) is 2. The minimum absolute atomic E-state index is 0.0599. The SMILES string of the molecule is CC(N)C1CCCCN1c1cc(C(F)(F)F)ccn1. The number of nitrogens with two attached hydrogens (primary N) is 1. The molecule has 0 aromatic carbocycles. The molecular weight excluding hydrogens is 255 g/mol. The minimum atomic E-state index is -4.34. The van der Waals surface area contributed by atoms with Crippen LogP contribution in [0, 0.1) is 0 Å². The molecule has 1 aliphatic rings. The lowest BCUT2D eigenvalue weighted by Gasteiger charge is -2.39. The number of rotatable bonds is 2. The van der Waals surface area contributed by atoms with Crippen molar-refractivity contribution in [3.63, 3.8) is 0 Å². The Hall–Kier alpha value is -1.30. The van der Waals surface area contributed by atoms with Crippen LogP contribution in [0.25, 0.3) is 0 Å². The average molecular weight is 273 g/mol. The van der Waals surface area contributed by atoms with Crippen molar-refractivity contribution in [2.75, 3.05) is 11.4 Å². The second-order valence-corrected chi connectivity index (χ2v) is 5.02. The lowest BCUT2D eigenvalue weighted by molar-refractivity contribution is -0.137. The van der Waals surface area contributed by atoms with Crippen LogP contribution >= 0.6 is 0 Å². The number of halogens is 3. The van der Waals surface area contributed by atoms with Crippen molar-refractivity contribution in [3.8, 4) is 0 Å². The maximum Gasteiger partial charge on any atom is 0.416 e. The molecule has 0 radical (unpaired) electrons. The molecular formula is C13H18F3N3. The molecule has 2 rings (SSSR count). The first-order chi connectivity index (χ1) is 8.89. The van der Waals surface area contributed by atoms with E-state index < -0.39 is 11.7 Å². The van der Waals surface area contributed by atoms with Crippen LogP contribution < -0.4 is 10.6 Å². The highest BCUT2D eigenvalue weighted by atomic mass is 19.4. The summed E-state index contributed by atoms with van der Waals surface area (Å²) >= 11 is 0. The zero-order chi connectivity index (χ0) is 14.0. The molecule has 0 aliphatic carbocycles. The van der Waals surface area contributed by atoms with Gasteiger partial charge in [-0.2, -0.15) is 13.2 Å². The summed E-state index contributed by atoms with van der Waals surface area (Å²) in [6.45, 7) is 2.59. The smallest absolute Gasteiger partial charge is 0.352 e. The van der Waals surface area contributed by atoms with Crippen molar-refractivity contribution in [2.45, 2.75) is 44.4 Å². The molecule has 0 amide bonds. The van der Waals surface area contributed by atoms with E-state index in [9.17, 15) is 13.2 Å². The van der Waals surface area contributed by atoms with Crippen LogP contribution in [0.5, 0.6) is 0 Å². The molecule has 3 nitrogen and oxygen atoms in total. The lowest BCUT2D eigenvalue weighted by Crippen LogP contribution is -2.49. The van der Waals surface area contributed by atoms with E-state index in [1.807, 2.05) is 11.8 Å². The normalized spacial score (nSPS) is 22.4. The van der Waals surface area contributed by atoms with Gasteiger partial charge in [0.15, 0.2) is 0 Å². The van der Waals surface area contributed by atoms with Gasteiger partial charge in [-0.1, -0.05) is 0 Å². The Morgan fingerprint density at radius 3 is 2.79 bits per heavy atom. The Balaban J connectivity index is 2.29. The lowest BCUT2D eigenvalue weighted by atomic mass is 9.97. The monoisotopic (exact) mass is 273 g/mol. The van der Waals surface area contributed by atoms with Crippen molar-refractivity contribution in [2.24, 2.45) is 5.73 Å². The standard InChI is InChI=1S/C13H18F3N3/c1-9(17)11-4-2-3-7-19(11)12-8-10(5-6-18-12)13(14,15)16/h5-6,8-9,11H,2-4,7,17H2,1H3. The molecule has 106 valence electrons. The van der Waals surface area contributed by atoms with Crippen LogP contribution in [0.15, 0.2) is 18.3 Å². The second kappa shape index (κ2) is 5.36. The number of aromatic nitrogens is 1. The van der Waals surface area contributed by atoms with E-state index in [1.54, 1.807) is 0 Å². The fraction of sp³-hybridized carbons (Fsp3) is 0.615. The number of anilines is 1. The summed E-state index contributed by atoms with van der Waals surface area (Å²) in [6.07, 6.45) is -0.208. The summed E-state index contributed by atoms with van der Waals surface area (Å²) < 4.78 is 38.2. The molecule has 6 heteroatoms. The first-order valence-electron chi connectivity index (χ1n) is 6.45. The largest absolute Gasteiger partial charge is 0.416 e. The number of piperidine rings is 1. The van der Waals surface area contributed by atoms with Gasteiger partial charge in [-0.3, -0.25) is 0 Å². The summed E-state index contributed by atoms with van der Waals surface area (Å²) in [5.74, 6) is 0.372. The van der Waals surface area contributed by atoms with Crippen LogP contribution in [0.3, 0.4) is 0 Å². The molecule has 2 heterocycles. The Labute approximate surface area is 110 Å². The Bertz CT molecular complexity index is 431. The quantitative estimate of drug-likeness (QED) is 0.901. The highest BCUT2D eigenvalue weighted by molar-refractivity contribution is 5.43. The predicted octanol–water partition coefficient (Wildman–Crippen LogP) is 2.81. The van der Waals surface area contributed by atoms with Gasteiger partial charge in [0.1, 0.15) is 5.82 Å². The van der Waals surface area contributed by atoms with Crippen molar-refractivity contribution in [3.05, 3.63) is 23.9 Å². The van der Waals surface area contributed by atoms with Gasteiger partial charge in [0, 0.05) is 24.8 Å². The van der Waals surface area contributed by atoms with E-state index in [0.29, 0.717) is 12.4 Å². The average Bonchev–Trinajstić information content (AvgIpc) is 2.38. The van der Waals surface area contributed by atoms with Crippen molar-refractivity contribution < 1.29 is 13.2 Å². The zero-order valence-electron chi connectivity index (χ0n) is 10.8. The van der Waals surface area contributed by atoms with Gasteiger partial charge in [-0.05, 0) is 38.3 Å². The summed E-state index contributed by atoms with van der Waals surface area (Å²) in [5, 5.41) is 0. The minimum Gasteiger partial charge on any atom is -0.352 e. The van der Waals surface area contributed by atoms with Crippen LogP contribution in [0.4, 0.5) is 19.0 Å². The summed E-state index contributed by atoms with van der Waals surface area (Å²) in [5.41, 5.74) is 5.27. The maximum absolute atomic E-state index is 12.7. The molecule has 1 saturated heterocycles.